The van der Waals surface area contributed by atoms with Gasteiger partial charge in [0, 0.05) is 39.3 Å². The Balaban J connectivity index is 2.05. The highest BCUT2D eigenvalue weighted by Gasteiger charge is 2.27. The van der Waals surface area contributed by atoms with Crippen molar-refractivity contribution in [2.75, 3.05) is 39.8 Å². The van der Waals surface area contributed by atoms with Gasteiger partial charge >= 0.3 is 0 Å². The highest BCUT2D eigenvalue weighted by atomic mass is 16.2. The number of aryl methyl sites for hydroxylation is 1. The van der Waals surface area contributed by atoms with Crippen molar-refractivity contribution in [3.63, 3.8) is 0 Å². The fourth-order valence-corrected chi connectivity index (χ4v) is 3.01. The third kappa shape index (κ3) is 4.66. The van der Waals surface area contributed by atoms with Gasteiger partial charge in [-0.05, 0) is 32.0 Å². The van der Waals surface area contributed by atoms with Gasteiger partial charge < -0.3 is 9.80 Å². The molecule has 4 nitrogen and oxygen atoms in total. The van der Waals surface area contributed by atoms with Gasteiger partial charge in [-0.25, -0.2) is 0 Å². The smallest absolute Gasteiger partial charge is 0.240 e. The predicted octanol–water partition coefficient (Wildman–Crippen LogP) is 2.15. The van der Waals surface area contributed by atoms with E-state index in [4.69, 9.17) is 0 Å². The molecule has 1 aliphatic heterocycles. The van der Waals surface area contributed by atoms with E-state index in [1.54, 1.807) is 0 Å². The zero-order valence-electron chi connectivity index (χ0n) is 14.7. The number of nitrogens with zero attached hydrogens (tertiary/aromatic N) is 3. The van der Waals surface area contributed by atoms with Crippen molar-refractivity contribution in [2.45, 2.75) is 26.4 Å². The number of benzene rings is 1. The summed E-state index contributed by atoms with van der Waals surface area (Å²) in [5.41, 5.74) is 2.43. The zero-order valence-corrected chi connectivity index (χ0v) is 14.7. The molecule has 1 amide bonds. The Morgan fingerprint density at radius 2 is 1.96 bits per heavy atom. The van der Waals surface area contributed by atoms with Crippen LogP contribution in [0.3, 0.4) is 0 Å². The molecule has 1 aromatic carbocycles. The molecule has 126 valence electrons. The van der Waals surface area contributed by atoms with Crippen molar-refractivity contribution >= 4 is 5.91 Å². The van der Waals surface area contributed by atoms with Crippen LogP contribution in [0.4, 0.5) is 0 Å². The molecule has 0 saturated carbocycles. The topological polar surface area (TPSA) is 26.8 Å². The Bertz CT molecular complexity index is 535. The molecule has 0 N–H and O–H groups in total. The van der Waals surface area contributed by atoms with Gasteiger partial charge in [-0.3, -0.25) is 9.69 Å². The van der Waals surface area contributed by atoms with E-state index in [0.717, 1.165) is 26.2 Å². The van der Waals surface area contributed by atoms with Crippen LogP contribution in [0.5, 0.6) is 0 Å². The van der Waals surface area contributed by atoms with Crippen LogP contribution in [0, 0.1) is 6.92 Å². The Morgan fingerprint density at radius 3 is 2.57 bits per heavy atom. The maximum Gasteiger partial charge on any atom is 0.240 e. The maximum absolute atomic E-state index is 13.0. The molecule has 0 bridgehead atoms. The van der Waals surface area contributed by atoms with Crippen molar-refractivity contribution in [3.05, 3.63) is 48.0 Å². The number of amides is 1. The van der Waals surface area contributed by atoms with Gasteiger partial charge in [0.05, 0.1) is 6.04 Å². The molecular weight excluding hydrogens is 286 g/mol. The van der Waals surface area contributed by atoms with E-state index in [2.05, 4.69) is 42.5 Å². The molecule has 1 heterocycles. The minimum absolute atomic E-state index is 0.0762. The standard InChI is InChI=1S/C19H29N3O/c1-5-10-22(15-18-9-7-6-8-16(18)2)19(23)17(3)21-13-11-20(4)12-14-21/h5-9,17H,1,10-15H2,2-4H3/t17-/m0/s1. The molecule has 0 spiro atoms. The molecule has 2 rings (SSSR count). The molecule has 1 saturated heterocycles. The molecule has 1 atom stereocenters. The fraction of sp³-hybridized carbons (Fsp3) is 0.526. The average Bonchev–Trinajstić information content (AvgIpc) is 2.56. The van der Waals surface area contributed by atoms with E-state index in [9.17, 15) is 4.79 Å². The molecule has 4 heteroatoms. The summed E-state index contributed by atoms with van der Waals surface area (Å²) < 4.78 is 0. The summed E-state index contributed by atoms with van der Waals surface area (Å²) in [5.74, 6) is 0.192. The number of rotatable bonds is 6. The van der Waals surface area contributed by atoms with Crippen LogP contribution in [0.15, 0.2) is 36.9 Å². The number of hydrogen-bond donors (Lipinski definition) is 0. The van der Waals surface area contributed by atoms with Crippen molar-refractivity contribution in [1.82, 2.24) is 14.7 Å². The minimum atomic E-state index is -0.0762. The van der Waals surface area contributed by atoms with Crippen LogP contribution in [-0.4, -0.2) is 66.4 Å². The van der Waals surface area contributed by atoms with Crippen LogP contribution in [0.2, 0.25) is 0 Å². The normalized spacial score (nSPS) is 17.7. The van der Waals surface area contributed by atoms with E-state index < -0.39 is 0 Å². The molecular formula is C19H29N3O. The van der Waals surface area contributed by atoms with Gasteiger partial charge in [0.2, 0.25) is 5.91 Å². The van der Waals surface area contributed by atoms with Crippen molar-refractivity contribution in [3.8, 4) is 0 Å². The monoisotopic (exact) mass is 315 g/mol. The van der Waals surface area contributed by atoms with E-state index in [1.807, 2.05) is 30.0 Å². The minimum Gasteiger partial charge on any atom is -0.333 e. The first kappa shape index (κ1) is 17.7. The number of carbonyl (C=O) groups excluding carboxylic acids is 1. The fourth-order valence-electron chi connectivity index (χ4n) is 3.01. The van der Waals surface area contributed by atoms with E-state index in [-0.39, 0.29) is 11.9 Å². The Kier molecular flexibility index (Phi) is 6.37. The van der Waals surface area contributed by atoms with E-state index >= 15 is 0 Å². The first-order valence-corrected chi connectivity index (χ1v) is 8.39. The molecule has 23 heavy (non-hydrogen) atoms. The molecule has 1 fully saturated rings. The molecule has 0 radical (unpaired) electrons. The van der Waals surface area contributed by atoms with Crippen LogP contribution in [0.25, 0.3) is 0 Å². The van der Waals surface area contributed by atoms with Gasteiger partial charge in [-0.1, -0.05) is 30.3 Å². The van der Waals surface area contributed by atoms with Crippen LogP contribution >= 0.6 is 0 Å². The highest BCUT2D eigenvalue weighted by molar-refractivity contribution is 5.81. The Hall–Kier alpha value is -1.65. The largest absolute Gasteiger partial charge is 0.333 e. The predicted molar refractivity (Wildman–Crippen MR) is 95.3 cm³/mol. The maximum atomic E-state index is 13.0. The summed E-state index contributed by atoms with van der Waals surface area (Å²) in [7, 11) is 2.13. The summed E-state index contributed by atoms with van der Waals surface area (Å²) in [6, 6.07) is 8.18. The van der Waals surface area contributed by atoms with Crippen molar-refractivity contribution in [1.29, 1.82) is 0 Å². The lowest BCUT2D eigenvalue weighted by Gasteiger charge is -2.37. The van der Waals surface area contributed by atoms with Gasteiger partial charge in [0.25, 0.3) is 0 Å². The second-order valence-electron chi connectivity index (χ2n) is 6.45. The second-order valence-corrected chi connectivity index (χ2v) is 6.45. The first-order valence-electron chi connectivity index (χ1n) is 8.39. The Morgan fingerprint density at radius 1 is 1.30 bits per heavy atom. The lowest BCUT2D eigenvalue weighted by atomic mass is 10.1. The number of carbonyl (C=O) groups is 1. The van der Waals surface area contributed by atoms with Gasteiger partial charge in [0.1, 0.15) is 0 Å². The Labute approximate surface area is 140 Å². The van der Waals surface area contributed by atoms with Crippen LogP contribution < -0.4 is 0 Å². The SMILES string of the molecule is C=CCN(Cc1ccccc1C)C(=O)[C@H](C)N1CCN(C)CC1. The summed E-state index contributed by atoms with van der Waals surface area (Å²) in [4.78, 5) is 19.5. The van der Waals surface area contributed by atoms with Gasteiger partial charge in [-0.2, -0.15) is 0 Å². The molecule has 1 aromatic rings. The number of hydrogen-bond acceptors (Lipinski definition) is 3. The van der Waals surface area contributed by atoms with Crippen molar-refractivity contribution < 1.29 is 4.79 Å². The molecule has 1 aliphatic rings. The number of piperazine rings is 1. The van der Waals surface area contributed by atoms with Crippen molar-refractivity contribution in [2.24, 2.45) is 0 Å². The molecule has 0 aromatic heterocycles. The lowest BCUT2D eigenvalue weighted by molar-refractivity contribution is -0.137. The van der Waals surface area contributed by atoms with E-state index in [1.165, 1.54) is 11.1 Å². The third-order valence-electron chi connectivity index (χ3n) is 4.73. The summed E-state index contributed by atoms with van der Waals surface area (Å²) >= 11 is 0. The van der Waals surface area contributed by atoms with Crippen LogP contribution in [-0.2, 0) is 11.3 Å². The third-order valence-corrected chi connectivity index (χ3v) is 4.73. The summed E-state index contributed by atoms with van der Waals surface area (Å²) in [6.45, 7) is 13.1. The average molecular weight is 315 g/mol. The quantitative estimate of drug-likeness (QED) is 0.753. The molecule has 0 unspecified atom stereocenters. The summed E-state index contributed by atoms with van der Waals surface area (Å²) in [5, 5.41) is 0. The number of likely N-dealkylation sites (N-methyl/N-ethyl adjacent to an activating group) is 1. The first-order chi connectivity index (χ1) is 11.0. The van der Waals surface area contributed by atoms with Gasteiger partial charge in [0.15, 0.2) is 0 Å². The van der Waals surface area contributed by atoms with Gasteiger partial charge in [-0.15, -0.1) is 6.58 Å². The highest BCUT2D eigenvalue weighted by Crippen LogP contribution is 2.14. The second kappa shape index (κ2) is 8.27. The molecule has 0 aliphatic carbocycles. The zero-order chi connectivity index (χ0) is 16.8. The van der Waals surface area contributed by atoms with Crippen LogP contribution in [0.1, 0.15) is 18.1 Å². The summed E-state index contributed by atoms with van der Waals surface area (Å²) in [6.07, 6.45) is 1.81. The van der Waals surface area contributed by atoms with E-state index in [0.29, 0.717) is 13.1 Å². The lowest BCUT2D eigenvalue weighted by Crippen LogP contribution is -2.53.